The standard InChI is InChI=1S/C14H26O4.Ag/c15-13(16)11-9-7-5-3-1-2-4-6-8-10-12-14(17)18;/h1-12H2,(H,15,16)(H,17,18);/p-2. The Hall–Kier alpha value is -0.320. The third kappa shape index (κ3) is 20.2. The molecular formula is C14H24AgO4-2. The number of carboxylic acids is 2. The van der Waals surface area contributed by atoms with Gasteiger partial charge in [0.1, 0.15) is 0 Å². The van der Waals surface area contributed by atoms with Crippen molar-refractivity contribution in [1.82, 2.24) is 0 Å². The van der Waals surface area contributed by atoms with Crippen LogP contribution >= 0.6 is 0 Å². The summed E-state index contributed by atoms with van der Waals surface area (Å²) in [6, 6.07) is 0. The second-order valence-corrected chi connectivity index (χ2v) is 4.78. The Morgan fingerprint density at radius 2 is 0.737 bits per heavy atom. The van der Waals surface area contributed by atoms with E-state index in [1.165, 1.54) is 12.8 Å². The monoisotopic (exact) mass is 363 g/mol. The minimum atomic E-state index is -0.952. The van der Waals surface area contributed by atoms with Gasteiger partial charge in [-0.1, -0.05) is 51.4 Å². The quantitative estimate of drug-likeness (QED) is 0.363. The molecule has 0 heterocycles. The Labute approximate surface area is 131 Å². The zero-order valence-corrected chi connectivity index (χ0v) is 12.9. The van der Waals surface area contributed by atoms with E-state index < -0.39 is 11.9 Å². The normalized spacial score (nSPS) is 9.89. The van der Waals surface area contributed by atoms with Crippen molar-refractivity contribution in [1.29, 1.82) is 0 Å². The minimum Gasteiger partial charge on any atom is -0.550 e. The van der Waals surface area contributed by atoms with Crippen LogP contribution in [0.15, 0.2) is 0 Å². The fraction of sp³-hybridized carbons (Fsp3) is 0.857. The first-order chi connectivity index (χ1) is 8.63. The van der Waals surface area contributed by atoms with Gasteiger partial charge in [0.25, 0.3) is 0 Å². The van der Waals surface area contributed by atoms with Crippen molar-refractivity contribution in [2.75, 3.05) is 0 Å². The molecule has 4 nitrogen and oxygen atoms in total. The van der Waals surface area contributed by atoms with Crippen LogP contribution in [0.2, 0.25) is 0 Å². The van der Waals surface area contributed by atoms with Gasteiger partial charge in [-0.2, -0.15) is 0 Å². The molecule has 0 spiro atoms. The maximum Gasteiger partial charge on any atom is 0.0414 e. The van der Waals surface area contributed by atoms with Crippen LogP contribution in [0.1, 0.15) is 77.0 Å². The Morgan fingerprint density at radius 3 is 0.947 bits per heavy atom. The van der Waals surface area contributed by atoms with Crippen LogP contribution in [-0.4, -0.2) is 11.9 Å². The van der Waals surface area contributed by atoms with E-state index in [2.05, 4.69) is 0 Å². The van der Waals surface area contributed by atoms with Gasteiger partial charge >= 0.3 is 0 Å². The number of carbonyl (C=O) groups excluding carboxylic acids is 2. The summed E-state index contributed by atoms with van der Waals surface area (Å²) in [7, 11) is 0. The van der Waals surface area contributed by atoms with Crippen molar-refractivity contribution in [3.05, 3.63) is 0 Å². The molecular weight excluding hydrogens is 340 g/mol. The average Bonchev–Trinajstić information content (AvgIpc) is 2.29. The summed E-state index contributed by atoms with van der Waals surface area (Å²) in [6.45, 7) is 0. The molecule has 1 radical (unpaired) electrons. The molecule has 0 rings (SSSR count). The number of carbonyl (C=O) groups is 2. The SMILES string of the molecule is O=C([O-])CCCCCCCCCCCCC(=O)[O-].[Ag]. The number of unbranched alkanes of at least 4 members (excludes halogenated alkanes) is 9. The molecule has 0 bridgehead atoms. The third-order valence-corrected chi connectivity index (χ3v) is 3.01. The maximum atomic E-state index is 10.2. The Balaban J connectivity index is 0. The number of aliphatic carboxylic acids is 2. The molecule has 0 amide bonds. The summed E-state index contributed by atoms with van der Waals surface area (Å²) in [5.74, 6) is -1.90. The van der Waals surface area contributed by atoms with E-state index in [0.29, 0.717) is 0 Å². The fourth-order valence-electron chi connectivity index (χ4n) is 1.95. The molecule has 0 aliphatic heterocycles. The van der Waals surface area contributed by atoms with E-state index in [0.717, 1.165) is 51.4 Å². The Morgan fingerprint density at radius 1 is 0.526 bits per heavy atom. The molecule has 0 saturated carbocycles. The fourth-order valence-corrected chi connectivity index (χ4v) is 1.95. The molecule has 0 fully saturated rings. The van der Waals surface area contributed by atoms with Gasteiger partial charge in [0.05, 0.1) is 0 Å². The van der Waals surface area contributed by atoms with E-state index in [1.807, 2.05) is 0 Å². The van der Waals surface area contributed by atoms with Gasteiger partial charge in [-0.05, 0) is 25.7 Å². The van der Waals surface area contributed by atoms with E-state index in [1.54, 1.807) is 0 Å². The molecule has 5 heteroatoms. The van der Waals surface area contributed by atoms with Crippen molar-refractivity contribution in [2.45, 2.75) is 77.0 Å². The zero-order chi connectivity index (χ0) is 13.6. The molecule has 0 aromatic heterocycles. The van der Waals surface area contributed by atoms with Crippen molar-refractivity contribution >= 4 is 11.9 Å². The van der Waals surface area contributed by atoms with Crippen LogP contribution in [0.5, 0.6) is 0 Å². The topological polar surface area (TPSA) is 80.3 Å². The van der Waals surface area contributed by atoms with E-state index in [4.69, 9.17) is 0 Å². The number of rotatable bonds is 13. The van der Waals surface area contributed by atoms with Crippen LogP contribution in [0, 0.1) is 0 Å². The second kappa shape index (κ2) is 15.7. The molecule has 0 aromatic rings. The van der Waals surface area contributed by atoms with E-state index >= 15 is 0 Å². The predicted molar refractivity (Wildman–Crippen MR) is 65.4 cm³/mol. The second-order valence-electron chi connectivity index (χ2n) is 4.78. The zero-order valence-electron chi connectivity index (χ0n) is 11.4. The van der Waals surface area contributed by atoms with Crippen molar-refractivity contribution in [2.24, 2.45) is 0 Å². The summed E-state index contributed by atoms with van der Waals surface area (Å²) in [5.41, 5.74) is 0. The first kappa shape index (κ1) is 21.0. The molecule has 0 atom stereocenters. The van der Waals surface area contributed by atoms with Gasteiger partial charge in [-0.3, -0.25) is 0 Å². The maximum absolute atomic E-state index is 10.2. The van der Waals surface area contributed by atoms with Gasteiger partial charge < -0.3 is 19.8 Å². The third-order valence-electron chi connectivity index (χ3n) is 3.01. The van der Waals surface area contributed by atoms with Crippen molar-refractivity contribution < 1.29 is 42.2 Å². The first-order valence-corrected chi connectivity index (χ1v) is 7.02. The molecule has 0 saturated heterocycles. The molecule has 19 heavy (non-hydrogen) atoms. The van der Waals surface area contributed by atoms with Crippen LogP contribution < -0.4 is 10.2 Å². The molecule has 0 aromatic carbocycles. The number of hydrogen-bond donors (Lipinski definition) is 0. The van der Waals surface area contributed by atoms with Gasteiger partial charge in [0.2, 0.25) is 0 Å². The van der Waals surface area contributed by atoms with Crippen molar-refractivity contribution in [3.63, 3.8) is 0 Å². The van der Waals surface area contributed by atoms with Gasteiger partial charge in [0, 0.05) is 34.3 Å². The van der Waals surface area contributed by atoms with Gasteiger partial charge in [-0.15, -0.1) is 0 Å². The van der Waals surface area contributed by atoms with E-state index in [9.17, 15) is 19.8 Å². The van der Waals surface area contributed by atoms with Crippen molar-refractivity contribution in [3.8, 4) is 0 Å². The van der Waals surface area contributed by atoms with Crippen LogP contribution in [-0.2, 0) is 32.0 Å². The largest absolute Gasteiger partial charge is 0.550 e. The van der Waals surface area contributed by atoms with Crippen LogP contribution in [0.25, 0.3) is 0 Å². The minimum absolute atomic E-state index is 0. The average molecular weight is 364 g/mol. The summed E-state index contributed by atoms with van der Waals surface area (Å²) in [6.07, 6.45) is 10.6. The molecule has 117 valence electrons. The van der Waals surface area contributed by atoms with Crippen LogP contribution in [0.4, 0.5) is 0 Å². The number of hydrogen-bond acceptors (Lipinski definition) is 4. The van der Waals surface area contributed by atoms with Gasteiger partial charge in [-0.25, -0.2) is 0 Å². The number of carboxylic acid groups (broad SMARTS) is 2. The molecule has 0 aliphatic carbocycles. The van der Waals surface area contributed by atoms with E-state index in [-0.39, 0.29) is 35.2 Å². The predicted octanol–water partition coefficient (Wildman–Crippen LogP) is 1.16. The molecule has 0 N–H and O–H groups in total. The smallest absolute Gasteiger partial charge is 0.0414 e. The molecule has 0 aliphatic rings. The first-order valence-electron chi connectivity index (χ1n) is 7.02. The summed E-state index contributed by atoms with van der Waals surface area (Å²) < 4.78 is 0. The van der Waals surface area contributed by atoms with Crippen LogP contribution in [0.3, 0.4) is 0 Å². The molecule has 0 unspecified atom stereocenters. The summed E-state index contributed by atoms with van der Waals surface area (Å²) in [4.78, 5) is 20.3. The Bertz CT molecular complexity index is 207. The summed E-state index contributed by atoms with van der Waals surface area (Å²) in [5, 5.41) is 20.3. The van der Waals surface area contributed by atoms with Gasteiger partial charge in [0.15, 0.2) is 0 Å². The summed E-state index contributed by atoms with van der Waals surface area (Å²) >= 11 is 0. The Kier molecular flexibility index (Phi) is 17.4.